The SMILES string of the molecule is O=c1[nH]c(-c2ccc3c(c2)Oc2ccccc2C3C2CCN(Cc3ccoc3)CC2)no1. The highest BCUT2D eigenvalue weighted by atomic mass is 16.5. The number of aromatic amines is 1. The predicted molar refractivity (Wildman–Crippen MR) is 118 cm³/mol. The van der Waals surface area contributed by atoms with Gasteiger partial charge in [0.05, 0.1) is 12.5 Å². The van der Waals surface area contributed by atoms with Crippen LogP contribution >= 0.6 is 0 Å². The van der Waals surface area contributed by atoms with Gasteiger partial charge in [-0.15, -0.1) is 0 Å². The second-order valence-corrected chi connectivity index (χ2v) is 8.56. The lowest BCUT2D eigenvalue weighted by Gasteiger charge is -2.39. The van der Waals surface area contributed by atoms with Crippen LogP contribution in [0, 0.1) is 5.92 Å². The Hall–Kier alpha value is -3.58. The van der Waals surface area contributed by atoms with Crippen molar-refractivity contribution in [2.45, 2.75) is 25.3 Å². The number of piperidine rings is 1. The molecule has 0 saturated carbocycles. The number of furan rings is 1. The molecule has 1 atom stereocenters. The lowest BCUT2D eigenvalue weighted by atomic mass is 9.74. The second-order valence-electron chi connectivity index (χ2n) is 8.56. The first-order valence-electron chi connectivity index (χ1n) is 10.9. The summed E-state index contributed by atoms with van der Waals surface area (Å²) in [4.78, 5) is 16.5. The molecule has 1 N–H and O–H groups in total. The molecular formula is C25H23N3O4. The van der Waals surface area contributed by atoms with Gasteiger partial charge in [-0.25, -0.2) is 4.79 Å². The molecule has 2 aromatic heterocycles. The third-order valence-corrected chi connectivity index (χ3v) is 6.63. The van der Waals surface area contributed by atoms with Crippen molar-refractivity contribution in [2.24, 2.45) is 5.92 Å². The summed E-state index contributed by atoms with van der Waals surface area (Å²) in [6, 6.07) is 16.4. The molecule has 4 aromatic rings. The summed E-state index contributed by atoms with van der Waals surface area (Å²) in [6.07, 6.45) is 5.81. The molecule has 1 fully saturated rings. The van der Waals surface area contributed by atoms with Crippen LogP contribution in [0.25, 0.3) is 11.4 Å². The van der Waals surface area contributed by atoms with Crippen LogP contribution in [0.3, 0.4) is 0 Å². The van der Waals surface area contributed by atoms with Gasteiger partial charge in [-0.05, 0) is 50.0 Å². The molecule has 7 nitrogen and oxygen atoms in total. The van der Waals surface area contributed by atoms with E-state index >= 15 is 0 Å². The molecule has 0 radical (unpaired) electrons. The zero-order valence-corrected chi connectivity index (χ0v) is 17.5. The number of nitrogens with zero attached hydrogens (tertiary/aromatic N) is 2. The number of benzene rings is 2. The fraction of sp³-hybridized carbons (Fsp3) is 0.280. The Morgan fingerprint density at radius 3 is 2.66 bits per heavy atom. The minimum absolute atomic E-state index is 0.274. The van der Waals surface area contributed by atoms with Crippen molar-refractivity contribution < 1.29 is 13.7 Å². The molecule has 2 aromatic carbocycles. The molecule has 4 heterocycles. The quantitative estimate of drug-likeness (QED) is 0.503. The Morgan fingerprint density at radius 1 is 1.03 bits per heavy atom. The Balaban J connectivity index is 1.30. The third-order valence-electron chi connectivity index (χ3n) is 6.63. The molecule has 1 saturated heterocycles. The van der Waals surface area contributed by atoms with E-state index in [2.05, 4.69) is 37.8 Å². The van der Waals surface area contributed by atoms with Crippen molar-refractivity contribution in [2.75, 3.05) is 13.1 Å². The molecule has 2 aliphatic heterocycles. The molecule has 162 valence electrons. The van der Waals surface area contributed by atoms with Gasteiger partial charge in [-0.2, -0.15) is 0 Å². The van der Waals surface area contributed by atoms with Crippen LogP contribution in [0.5, 0.6) is 11.5 Å². The second kappa shape index (κ2) is 7.84. The van der Waals surface area contributed by atoms with Gasteiger partial charge in [-0.1, -0.05) is 35.5 Å². The lowest BCUT2D eigenvalue weighted by Crippen LogP contribution is -2.35. The number of hydrogen-bond donors (Lipinski definition) is 1. The fourth-order valence-corrected chi connectivity index (χ4v) is 5.09. The predicted octanol–water partition coefficient (Wildman–Crippen LogP) is 4.77. The largest absolute Gasteiger partial charge is 0.472 e. The van der Waals surface area contributed by atoms with Gasteiger partial charge in [0, 0.05) is 34.7 Å². The summed E-state index contributed by atoms with van der Waals surface area (Å²) >= 11 is 0. The number of ether oxygens (including phenoxy) is 1. The first kappa shape index (κ1) is 19.1. The van der Waals surface area contributed by atoms with E-state index in [-0.39, 0.29) is 5.92 Å². The van der Waals surface area contributed by atoms with Crippen LogP contribution in [0.4, 0.5) is 0 Å². The summed E-state index contributed by atoms with van der Waals surface area (Å²) in [6.45, 7) is 3.05. The van der Waals surface area contributed by atoms with Crippen molar-refractivity contribution >= 4 is 0 Å². The minimum Gasteiger partial charge on any atom is -0.472 e. The van der Waals surface area contributed by atoms with E-state index in [1.807, 2.05) is 36.6 Å². The van der Waals surface area contributed by atoms with E-state index in [0.717, 1.165) is 49.5 Å². The maximum atomic E-state index is 11.4. The van der Waals surface area contributed by atoms with E-state index in [0.29, 0.717) is 11.7 Å². The normalized spacial score (nSPS) is 18.7. The Morgan fingerprint density at radius 2 is 1.88 bits per heavy atom. The topological polar surface area (TPSA) is 84.5 Å². The first-order chi connectivity index (χ1) is 15.7. The van der Waals surface area contributed by atoms with Crippen LogP contribution in [0.2, 0.25) is 0 Å². The standard InChI is InChI=1S/C25H23N3O4/c29-25-26-24(27-32-25)18-5-6-20-22(13-18)31-21-4-2-1-3-19(21)23(20)17-7-10-28(11-8-17)14-16-9-12-30-15-16/h1-6,9,12-13,15,17,23H,7-8,10-11,14H2,(H,26,27,29). The van der Waals surface area contributed by atoms with Crippen LogP contribution < -0.4 is 10.5 Å². The van der Waals surface area contributed by atoms with Gasteiger partial charge in [0.2, 0.25) is 0 Å². The smallest absolute Gasteiger partial charge is 0.439 e. The highest BCUT2D eigenvalue weighted by Crippen LogP contribution is 2.50. The molecular weight excluding hydrogens is 406 g/mol. The average Bonchev–Trinajstić information content (AvgIpc) is 3.49. The van der Waals surface area contributed by atoms with Gasteiger partial charge in [-0.3, -0.25) is 14.4 Å². The summed E-state index contributed by atoms with van der Waals surface area (Å²) in [5, 5.41) is 3.82. The van der Waals surface area contributed by atoms with Crippen molar-refractivity contribution in [1.82, 2.24) is 15.0 Å². The van der Waals surface area contributed by atoms with Crippen molar-refractivity contribution in [1.29, 1.82) is 0 Å². The van der Waals surface area contributed by atoms with Gasteiger partial charge in [0.25, 0.3) is 0 Å². The van der Waals surface area contributed by atoms with Gasteiger partial charge < -0.3 is 9.15 Å². The number of fused-ring (bicyclic) bond motifs is 2. The van der Waals surface area contributed by atoms with E-state index < -0.39 is 5.76 Å². The third kappa shape index (κ3) is 3.44. The van der Waals surface area contributed by atoms with Crippen molar-refractivity contribution in [3.05, 3.63) is 88.3 Å². The van der Waals surface area contributed by atoms with E-state index in [1.165, 1.54) is 16.7 Å². The summed E-state index contributed by atoms with van der Waals surface area (Å²) in [5.41, 5.74) is 4.42. The summed E-state index contributed by atoms with van der Waals surface area (Å²) < 4.78 is 16.2. The molecule has 2 aliphatic rings. The number of nitrogens with one attached hydrogen (secondary N) is 1. The highest BCUT2D eigenvalue weighted by molar-refractivity contribution is 5.63. The average molecular weight is 429 g/mol. The maximum Gasteiger partial charge on any atom is 0.439 e. The molecule has 0 amide bonds. The molecule has 32 heavy (non-hydrogen) atoms. The lowest BCUT2D eigenvalue weighted by molar-refractivity contribution is 0.166. The highest BCUT2D eigenvalue weighted by Gasteiger charge is 2.35. The minimum atomic E-state index is -0.566. The van der Waals surface area contributed by atoms with E-state index in [1.54, 1.807) is 6.26 Å². The van der Waals surface area contributed by atoms with Gasteiger partial charge in [0.15, 0.2) is 5.82 Å². The van der Waals surface area contributed by atoms with Gasteiger partial charge in [0.1, 0.15) is 11.5 Å². The van der Waals surface area contributed by atoms with Crippen molar-refractivity contribution in [3.8, 4) is 22.9 Å². The zero-order valence-electron chi connectivity index (χ0n) is 17.5. The van der Waals surface area contributed by atoms with Crippen LogP contribution in [0.15, 0.2) is 74.8 Å². The van der Waals surface area contributed by atoms with Crippen LogP contribution in [-0.4, -0.2) is 28.1 Å². The Labute approximate surface area is 184 Å². The Bertz CT molecular complexity index is 1280. The number of rotatable bonds is 4. The van der Waals surface area contributed by atoms with Crippen LogP contribution in [-0.2, 0) is 6.54 Å². The van der Waals surface area contributed by atoms with Crippen molar-refractivity contribution in [3.63, 3.8) is 0 Å². The van der Waals surface area contributed by atoms with E-state index in [4.69, 9.17) is 9.15 Å². The first-order valence-corrected chi connectivity index (χ1v) is 10.9. The zero-order chi connectivity index (χ0) is 21.5. The number of H-pyrrole nitrogens is 1. The number of para-hydroxylation sites is 1. The number of hydrogen-bond acceptors (Lipinski definition) is 6. The number of likely N-dealkylation sites (tertiary alicyclic amines) is 1. The van der Waals surface area contributed by atoms with Gasteiger partial charge >= 0.3 is 5.76 Å². The molecule has 0 bridgehead atoms. The summed E-state index contributed by atoms with van der Waals surface area (Å²) in [5.74, 6) is 2.36. The molecule has 0 spiro atoms. The molecule has 0 aliphatic carbocycles. The molecule has 7 heteroatoms. The van der Waals surface area contributed by atoms with Crippen LogP contribution in [0.1, 0.15) is 35.4 Å². The maximum absolute atomic E-state index is 11.4. The molecule has 6 rings (SSSR count). The number of aromatic nitrogens is 2. The van der Waals surface area contributed by atoms with E-state index in [9.17, 15) is 4.79 Å². The Kier molecular flexibility index (Phi) is 4.69. The monoisotopic (exact) mass is 429 g/mol. The molecule has 1 unspecified atom stereocenters. The fourth-order valence-electron chi connectivity index (χ4n) is 5.09. The summed E-state index contributed by atoms with van der Waals surface area (Å²) in [7, 11) is 0.